The Morgan fingerprint density at radius 1 is 1.17 bits per heavy atom. The molecule has 2 aromatic carbocycles. The fourth-order valence-corrected chi connectivity index (χ4v) is 2.38. The highest BCUT2D eigenvalue weighted by Gasteiger charge is 2.07. The van der Waals surface area contributed by atoms with Crippen LogP contribution < -0.4 is 5.73 Å². The molecule has 2 rings (SSSR count). The highest BCUT2D eigenvalue weighted by atomic mass is 32.2. The van der Waals surface area contributed by atoms with Gasteiger partial charge in [-0.2, -0.15) is 5.26 Å². The minimum Gasteiger partial charge on any atom is -0.399 e. The molecule has 0 aliphatic carbocycles. The standard InChI is InChI=1S/C14H11FN2S/c15-14-10(8-16)2-1-3-11(14)9-18-13-6-4-12(17)5-7-13/h1-7H,9,17H2. The van der Waals surface area contributed by atoms with Crippen molar-refractivity contribution in [1.29, 1.82) is 5.26 Å². The molecule has 0 spiro atoms. The van der Waals surface area contributed by atoms with Crippen LogP contribution in [0.1, 0.15) is 11.1 Å². The van der Waals surface area contributed by atoms with Crippen LogP contribution in [-0.4, -0.2) is 0 Å². The SMILES string of the molecule is N#Cc1cccc(CSc2ccc(N)cc2)c1F. The van der Waals surface area contributed by atoms with Crippen LogP contribution in [0, 0.1) is 17.1 Å². The van der Waals surface area contributed by atoms with Gasteiger partial charge in [0.15, 0.2) is 0 Å². The number of hydrogen-bond donors (Lipinski definition) is 1. The van der Waals surface area contributed by atoms with Gasteiger partial charge in [-0.05, 0) is 35.9 Å². The molecule has 0 radical (unpaired) electrons. The van der Waals surface area contributed by atoms with Gasteiger partial charge in [0, 0.05) is 16.3 Å². The maximum atomic E-state index is 13.8. The molecular formula is C14H11FN2S. The Labute approximate surface area is 109 Å². The largest absolute Gasteiger partial charge is 0.399 e. The van der Waals surface area contributed by atoms with E-state index in [9.17, 15) is 4.39 Å². The van der Waals surface area contributed by atoms with Gasteiger partial charge in [0.1, 0.15) is 11.9 Å². The number of hydrogen-bond acceptors (Lipinski definition) is 3. The van der Waals surface area contributed by atoms with Gasteiger partial charge < -0.3 is 5.73 Å². The predicted molar refractivity (Wildman–Crippen MR) is 71.5 cm³/mol. The van der Waals surface area contributed by atoms with E-state index in [0.29, 0.717) is 17.0 Å². The number of rotatable bonds is 3. The Bertz CT molecular complexity index is 588. The summed E-state index contributed by atoms with van der Waals surface area (Å²) in [4.78, 5) is 1.02. The number of benzene rings is 2. The molecule has 0 unspecified atom stereocenters. The van der Waals surface area contributed by atoms with E-state index in [1.54, 1.807) is 12.1 Å². The van der Waals surface area contributed by atoms with Crippen LogP contribution in [-0.2, 0) is 5.75 Å². The third-order valence-corrected chi connectivity index (χ3v) is 3.53. The lowest BCUT2D eigenvalue weighted by atomic mass is 10.1. The molecule has 0 bridgehead atoms. The lowest BCUT2D eigenvalue weighted by Gasteiger charge is -2.04. The first kappa shape index (κ1) is 12.5. The van der Waals surface area contributed by atoms with Crippen LogP contribution in [0.2, 0.25) is 0 Å². The van der Waals surface area contributed by atoms with Crippen LogP contribution >= 0.6 is 11.8 Å². The van der Waals surface area contributed by atoms with E-state index < -0.39 is 5.82 Å². The summed E-state index contributed by atoms with van der Waals surface area (Å²) < 4.78 is 13.8. The summed E-state index contributed by atoms with van der Waals surface area (Å²) in [6.07, 6.45) is 0. The van der Waals surface area contributed by atoms with Gasteiger partial charge in [-0.25, -0.2) is 4.39 Å². The number of thioether (sulfide) groups is 1. The van der Waals surface area contributed by atoms with Crippen LogP contribution in [0.25, 0.3) is 0 Å². The van der Waals surface area contributed by atoms with E-state index in [-0.39, 0.29) is 5.56 Å². The normalized spacial score (nSPS) is 10.0. The van der Waals surface area contributed by atoms with Crippen LogP contribution in [0.3, 0.4) is 0 Å². The summed E-state index contributed by atoms with van der Waals surface area (Å²) in [6.45, 7) is 0. The summed E-state index contributed by atoms with van der Waals surface area (Å²) >= 11 is 1.51. The number of anilines is 1. The van der Waals surface area contributed by atoms with Crippen LogP contribution in [0.5, 0.6) is 0 Å². The van der Waals surface area contributed by atoms with E-state index in [1.807, 2.05) is 30.3 Å². The zero-order valence-electron chi connectivity index (χ0n) is 9.56. The summed E-state index contributed by atoms with van der Waals surface area (Å²) in [5, 5.41) is 8.75. The maximum absolute atomic E-state index is 13.8. The van der Waals surface area contributed by atoms with Crippen LogP contribution in [0.15, 0.2) is 47.4 Å². The van der Waals surface area contributed by atoms with E-state index in [1.165, 1.54) is 17.8 Å². The van der Waals surface area contributed by atoms with E-state index in [2.05, 4.69) is 0 Å². The number of nitrogens with zero attached hydrogens (tertiary/aromatic N) is 1. The number of nitriles is 1. The summed E-state index contributed by atoms with van der Waals surface area (Å²) in [6, 6.07) is 14.1. The molecule has 0 saturated carbocycles. The number of halogens is 1. The number of nitrogen functional groups attached to an aromatic ring is 1. The Morgan fingerprint density at radius 2 is 1.89 bits per heavy atom. The van der Waals surface area contributed by atoms with E-state index in [4.69, 9.17) is 11.0 Å². The van der Waals surface area contributed by atoms with Crippen molar-refractivity contribution in [3.63, 3.8) is 0 Å². The molecule has 2 aromatic rings. The van der Waals surface area contributed by atoms with Gasteiger partial charge in [-0.15, -0.1) is 11.8 Å². The molecule has 0 fully saturated rings. The molecule has 90 valence electrons. The molecule has 0 amide bonds. The van der Waals surface area contributed by atoms with Crippen molar-refractivity contribution in [1.82, 2.24) is 0 Å². The van der Waals surface area contributed by atoms with Crippen molar-refractivity contribution in [3.05, 3.63) is 59.4 Å². The summed E-state index contributed by atoms with van der Waals surface area (Å²) in [5.74, 6) is 0.0635. The molecule has 2 nitrogen and oxygen atoms in total. The van der Waals surface area contributed by atoms with E-state index in [0.717, 1.165) is 4.90 Å². The Kier molecular flexibility index (Phi) is 3.85. The molecule has 4 heteroatoms. The molecule has 0 aliphatic heterocycles. The van der Waals surface area contributed by atoms with Gasteiger partial charge in [0.2, 0.25) is 0 Å². The zero-order valence-corrected chi connectivity index (χ0v) is 10.4. The Hall–Kier alpha value is -1.99. The van der Waals surface area contributed by atoms with Crippen molar-refractivity contribution in [2.24, 2.45) is 0 Å². The smallest absolute Gasteiger partial charge is 0.144 e. The lowest BCUT2D eigenvalue weighted by Crippen LogP contribution is -1.91. The molecular weight excluding hydrogens is 247 g/mol. The molecule has 0 saturated heterocycles. The third-order valence-electron chi connectivity index (χ3n) is 2.47. The Morgan fingerprint density at radius 3 is 2.56 bits per heavy atom. The molecule has 2 N–H and O–H groups in total. The van der Waals surface area contributed by atoms with Crippen molar-refractivity contribution < 1.29 is 4.39 Å². The van der Waals surface area contributed by atoms with Gasteiger partial charge in [-0.3, -0.25) is 0 Å². The summed E-state index contributed by atoms with van der Waals surface area (Å²) in [7, 11) is 0. The first-order valence-corrected chi connectivity index (χ1v) is 6.35. The minimum absolute atomic E-state index is 0.0883. The predicted octanol–water partition coefficient (Wildman–Crippen LogP) is 3.57. The van der Waals surface area contributed by atoms with Gasteiger partial charge >= 0.3 is 0 Å². The van der Waals surface area contributed by atoms with Crippen molar-refractivity contribution in [3.8, 4) is 6.07 Å². The maximum Gasteiger partial charge on any atom is 0.144 e. The summed E-state index contributed by atoms with van der Waals surface area (Å²) in [5.41, 5.74) is 6.92. The second-order valence-electron chi connectivity index (χ2n) is 3.75. The highest BCUT2D eigenvalue weighted by Crippen LogP contribution is 2.25. The fraction of sp³-hybridized carbons (Fsp3) is 0.0714. The van der Waals surface area contributed by atoms with Crippen molar-refractivity contribution >= 4 is 17.4 Å². The first-order chi connectivity index (χ1) is 8.70. The molecule has 0 atom stereocenters. The quantitative estimate of drug-likeness (QED) is 0.676. The van der Waals surface area contributed by atoms with Crippen molar-refractivity contribution in [2.45, 2.75) is 10.6 Å². The molecule has 0 aliphatic rings. The van der Waals surface area contributed by atoms with Gasteiger partial charge in [-0.1, -0.05) is 12.1 Å². The first-order valence-electron chi connectivity index (χ1n) is 5.36. The molecule has 0 heterocycles. The average molecular weight is 258 g/mol. The fourth-order valence-electron chi connectivity index (χ4n) is 1.50. The second kappa shape index (κ2) is 5.56. The minimum atomic E-state index is -0.428. The highest BCUT2D eigenvalue weighted by molar-refractivity contribution is 7.98. The van der Waals surface area contributed by atoms with Crippen LogP contribution in [0.4, 0.5) is 10.1 Å². The third kappa shape index (κ3) is 2.82. The lowest BCUT2D eigenvalue weighted by molar-refractivity contribution is 0.613. The topological polar surface area (TPSA) is 49.8 Å². The Balaban J connectivity index is 2.11. The number of nitrogens with two attached hydrogens (primary N) is 1. The van der Waals surface area contributed by atoms with E-state index >= 15 is 0 Å². The molecule has 0 aromatic heterocycles. The zero-order chi connectivity index (χ0) is 13.0. The monoisotopic (exact) mass is 258 g/mol. The average Bonchev–Trinajstić information content (AvgIpc) is 2.39. The molecule has 18 heavy (non-hydrogen) atoms. The van der Waals surface area contributed by atoms with Gasteiger partial charge in [0.05, 0.1) is 5.56 Å². The van der Waals surface area contributed by atoms with Crippen molar-refractivity contribution in [2.75, 3.05) is 5.73 Å². The second-order valence-corrected chi connectivity index (χ2v) is 4.80. The van der Waals surface area contributed by atoms with Gasteiger partial charge in [0.25, 0.3) is 0 Å².